The van der Waals surface area contributed by atoms with Crippen LogP contribution in [0.25, 0.3) is 0 Å². The summed E-state index contributed by atoms with van der Waals surface area (Å²) in [5, 5.41) is 3.36. The van der Waals surface area contributed by atoms with Gasteiger partial charge in [-0.05, 0) is 61.9 Å². The SMILES string of the molecule is CCOC(=O)c1ccc2c(c1)N([C@H](CC)C(=O)Nc1cccc(Cl)c1)C(=O)c1ccccc1S2. The molecule has 0 unspecified atom stereocenters. The summed E-state index contributed by atoms with van der Waals surface area (Å²) in [6.07, 6.45) is 0.355. The Balaban J connectivity index is 1.81. The number of esters is 1. The molecule has 34 heavy (non-hydrogen) atoms. The van der Waals surface area contributed by atoms with Gasteiger partial charge in [0, 0.05) is 20.5 Å². The fourth-order valence-electron chi connectivity index (χ4n) is 3.81. The van der Waals surface area contributed by atoms with Crippen molar-refractivity contribution >= 4 is 52.5 Å². The van der Waals surface area contributed by atoms with E-state index in [2.05, 4.69) is 5.32 Å². The van der Waals surface area contributed by atoms with E-state index in [0.717, 1.165) is 9.79 Å². The molecule has 0 aromatic heterocycles. The van der Waals surface area contributed by atoms with Gasteiger partial charge >= 0.3 is 5.97 Å². The first-order valence-corrected chi connectivity index (χ1v) is 12.1. The molecule has 0 saturated carbocycles. The molecule has 6 nitrogen and oxygen atoms in total. The van der Waals surface area contributed by atoms with Gasteiger partial charge < -0.3 is 10.1 Å². The maximum absolute atomic E-state index is 13.8. The van der Waals surface area contributed by atoms with Gasteiger partial charge in [0.2, 0.25) is 5.91 Å². The Morgan fingerprint density at radius 2 is 1.82 bits per heavy atom. The molecule has 1 aliphatic rings. The fourth-order valence-corrected chi connectivity index (χ4v) is 5.05. The molecule has 1 aliphatic heterocycles. The van der Waals surface area contributed by atoms with Crippen LogP contribution < -0.4 is 10.2 Å². The van der Waals surface area contributed by atoms with E-state index in [0.29, 0.717) is 33.9 Å². The van der Waals surface area contributed by atoms with Crippen molar-refractivity contribution in [3.8, 4) is 0 Å². The Labute approximate surface area is 207 Å². The minimum atomic E-state index is -0.825. The summed E-state index contributed by atoms with van der Waals surface area (Å²) in [5.41, 5.74) is 1.84. The van der Waals surface area contributed by atoms with Gasteiger partial charge in [-0.25, -0.2) is 4.79 Å². The molecule has 3 aromatic carbocycles. The Morgan fingerprint density at radius 1 is 1.03 bits per heavy atom. The zero-order chi connectivity index (χ0) is 24.2. The number of amides is 2. The molecule has 0 radical (unpaired) electrons. The normalized spacial score (nSPS) is 13.4. The van der Waals surface area contributed by atoms with Gasteiger partial charge in [0.25, 0.3) is 5.91 Å². The highest BCUT2D eigenvalue weighted by Crippen LogP contribution is 2.43. The van der Waals surface area contributed by atoms with Crippen LogP contribution in [0.1, 0.15) is 41.0 Å². The first-order chi connectivity index (χ1) is 16.4. The number of hydrogen-bond acceptors (Lipinski definition) is 5. The maximum Gasteiger partial charge on any atom is 0.338 e. The highest BCUT2D eigenvalue weighted by molar-refractivity contribution is 7.99. The number of carbonyl (C=O) groups is 3. The van der Waals surface area contributed by atoms with Crippen molar-refractivity contribution in [2.45, 2.75) is 36.1 Å². The molecule has 2 amide bonds. The largest absolute Gasteiger partial charge is 0.462 e. The van der Waals surface area contributed by atoms with Crippen LogP contribution in [0.2, 0.25) is 5.02 Å². The molecule has 1 heterocycles. The van der Waals surface area contributed by atoms with E-state index in [1.54, 1.807) is 61.5 Å². The van der Waals surface area contributed by atoms with Crippen LogP contribution in [0.4, 0.5) is 11.4 Å². The van der Waals surface area contributed by atoms with Gasteiger partial charge in [0.1, 0.15) is 6.04 Å². The van der Waals surface area contributed by atoms with Crippen LogP contribution in [0.5, 0.6) is 0 Å². The van der Waals surface area contributed by atoms with Crippen molar-refractivity contribution in [1.29, 1.82) is 0 Å². The van der Waals surface area contributed by atoms with Gasteiger partial charge in [-0.3, -0.25) is 14.5 Å². The van der Waals surface area contributed by atoms with Crippen LogP contribution in [0.15, 0.2) is 76.5 Å². The quantitative estimate of drug-likeness (QED) is 0.422. The van der Waals surface area contributed by atoms with Gasteiger partial charge in [-0.1, -0.05) is 48.5 Å². The average Bonchev–Trinajstić information content (AvgIpc) is 2.94. The van der Waals surface area contributed by atoms with E-state index in [4.69, 9.17) is 16.3 Å². The third-order valence-corrected chi connectivity index (χ3v) is 6.76. The van der Waals surface area contributed by atoms with E-state index >= 15 is 0 Å². The van der Waals surface area contributed by atoms with Crippen molar-refractivity contribution < 1.29 is 19.1 Å². The summed E-state index contributed by atoms with van der Waals surface area (Å²) < 4.78 is 5.16. The average molecular weight is 495 g/mol. The number of carbonyl (C=O) groups excluding carboxylic acids is 3. The van der Waals surface area contributed by atoms with E-state index in [1.165, 1.54) is 16.7 Å². The summed E-state index contributed by atoms with van der Waals surface area (Å²) in [7, 11) is 0. The minimum absolute atomic E-state index is 0.235. The summed E-state index contributed by atoms with van der Waals surface area (Å²) >= 11 is 7.50. The molecule has 0 saturated heterocycles. The molecule has 174 valence electrons. The zero-order valence-electron chi connectivity index (χ0n) is 18.7. The molecule has 0 aliphatic carbocycles. The number of benzene rings is 3. The highest BCUT2D eigenvalue weighted by atomic mass is 35.5. The van der Waals surface area contributed by atoms with Crippen molar-refractivity contribution in [2.75, 3.05) is 16.8 Å². The van der Waals surface area contributed by atoms with E-state index in [1.807, 2.05) is 19.1 Å². The molecular formula is C26H23ClN2O4S. The fraction of sp³-hybridized carbons (Fsp3) is 0.192. The Morgan fingerprint density at radius 3 is 2.56 bits per heavy atom. The topological polar surface area (TPSA) is 75.7 Å². The highest BCUT2D eigenvalue weighted by Gasteiger charge is 2.36. The number of anilines is 2. The lowest BCUT2D eigenvalue weighted by Gasteiger charge is -2.30. The smallest absolute Gasteiger partial charge is 0.338 e. The van der Waals surface area contributed by atoms with Crippen LogP contribution in [0.3, 0.4) is 0 Å². The Bertz CT molecular complexity index is 1260. The zero-order valence-corrected chi connectivity index (χ0v) is 20.3. The number of hydrogen-bond donors (Lipinski definition) is 1. The number of fused-ring (bicyclic) bond motifs is 2. The second kappa shape index (κ2) is 10.3. The second-order valence-corrected chi connectivity index (χ2v) is 9.12. The third kappa shape index (κ3) is 4.81. The summed E-state index contributed by atoms with van der Waals surface area (Å²) in [6.45, 7) is 3.81. The van der Waals surface area contributed by atoms with Crippen molar-refractivity contribution in [3.63, 3.8) is 0 Å². The lowest BCUT2D eigenvalue weighted by Crippen LogP contribution is -2.47. The molecule has 0 spiro atoms. The van der Waals surface area contributed by atoms with Gasteiger partial charge in [0.15, 0.2) is 0 Å². The third-order valence-electron chi connectivity index (χ3n) is 5.38. The Kier molecular flexibility index (Phi) is 7.24. The van der Waals surface area contributed by atoms with Crippen LogP contribution >= 0.6 is 23.4 Å². The second-order valence-electron chi connectivity index (χ2n) is 7.60. The van der Waals surface area contributed by atoms with E-state index in [-0.39, 0.29) is 18.4 Å². The monoisotopic (exact) mass is 494 g/mol. The van der Waals surface area contributed by atoms with Gasteiger partial charge in [0.05, 0.1) is 23.4 Å². The van der Waals surface area contributed by atoms with Crippen molar-refractivity contribution in [2.24, 2.45) is 0 Å². The lowest BCUT2D eigenvalue weighted by molar-refractivity contribution is -0.117. The standard InChI is InChI=1S/C26H23ClN2O4S/c1-3-20(24(30)28-18-9-7-8-17(27)15-18)29-21-14-16(26(32)33-4-2)12-13-23(21)34-22-11-6-5-10-19(22)25(29)31/h5-15,20H,3-4H2,1-2H3,(H,28,30)/t20-/m1/s1. The maximum atomic E-state index is 13.8. The lowest BCUT2D eigenvalue weighted by atomic mass is 10.1. The molecular weight excluding hydrogens is 472 g/mol. The number of halogens is 1. The summed E-state index contributed by atoms with van der Waals surface area (Å²) in [4.78, 5) is 42.7. The molecule has 4 rings (SSSR count). The number of rotatable bonds is 6. The molecule has 1 N–H and O–H groups in total. The number of ether oxygens (including phenoxy) is 1. The van der Waals surface area contributed by atoms with E-state index < -0.39 is 12.0 Å². The summed E-state index contributed by atoms with van der Waals surface area (Å²) in [6, 6.07) is 18.4. The van der Waals surface area contributed by atoms with E-state index in [9.17, 15) is 14.4 Å². The van der Waals surface area contributed by atoms with Crippen LogP contribution in [-0.4, -0.2) is 30.4 Å². The van der Waals surface area contributed by atoms with Gasteiger partial charge in [-0.2, -0.15) is 0 Å². The summed E-state index contributed by atoms with van der Waals surface area (Å²) in [5.74, 6) is -1.15. The van der Waals surface area contributed by atoms with Gasteiger partial charge in [-0.15, -0.1) is 0 Å². The predicted molar refractivity (Wildman–Crippen MR) is 134 cm³/mol. The molecule has 3 aromatic rings. The molecule has 8 heteroatoms. The number of nitrogens with zero attached hydrogens (tertiary/aromatic N) is 1. The van der Waals surface area contributed by atoms with Crippen molar-refractivity contribution in [3.05, 3.63) is 82.9 Å². The van der Waals surface area contributed by atoms with Crippen LogP contribution in [0, 0.1) is 0 Å². The van der Waals surface area contributed by atoms with Crippen molar-refractivity contribution in [1.82, 2.24) is 0 Å². The van der Waals surface area contributed by atoms with Crippen LogP contribution in [-0.2, 0) is 9.53 Å². The first kappa shape index (κ1) is 23.9. The predicted octanol–water partition coefficient (Wildman–Crippen LogP) is 6.05. The molecule has 0 fully saturated rings. The molecule has 0 bridgehead atoms. The first-order valence-electron chi connectivity index (χ1n) is 10.9. The minimum Gasteiger partial charge on any atom is -0.462 e. The molecule has 1 atom stereocenters. The number of nitrogens with one attached hydrogen (secondary N) is 1. The Hall–Kier alpha value is -3.29.